The van der Waals surface area contributed by atoms with Crippen molar-refractivity contribution < 1.29 is 40.1 Å². The van der Waals surface area contributed by atoms with Gasteiger partial charge in [-0.1, -0.05) is 13.8 Å². The summed E-state index contributed by atoms with van der Waals surface area (Å²) in [4.78, 5) is 21.4. The second-order valence-electron chi connectivity index (χ2n) is 3.82. The first-order valence-corrected chi connectivity index (χ1v) is 6.85. The molecule has 8 heteroatoms. The Labute approximate surface area is 135 Å². The van der Waals surface area contributed by atoms with E-state index in [0.717, 1.165) is 17.4 Å². The van der Waals surface area contributed by atoms with Crippen LogP contribution in [0.15, 0.2) is 43.1 Å². The zero-order chi connectivity index (χ0) is 17.1. The summed E-state index contributed by atoms with van der Waals surface area (Å²) in [6.07, 6.45) is 3.62. The predicted octanol–water partition coefficient (Wildman–Crippen LogP) is 1.69. The molecule has 22 heavy (non-hydrogen) atoms. The van der Waals surface area contributed by atoms with Crippen LogP contribution in [0.25, 0.3) is 0 Å². The summed E-state index contributed by atoms with van der Waals surface area (Å²) in [5.41, 5.74) is -0.772. The molecule has 0 unspecified atom stereocenters. The second-order valence-corrected chi connectivity index (χ2v) is 3.82. The number of hydrogen-bond donors (Lipinski definition) is 2. The Bertz CT molecular complexity index is 631. The molecule has 0 aromatic carbocycles. The van der Waals surface area contributed by atoms with Gasteiger partial charge in [-0.25, -0.2) is 0 Å². The standard InChI is InChI=1S/2C7H8O3.O.V/c2*1-2-6-7(9)5(8)3-4-10-6;;/h2*3-4,9H,2H2,1H3;;. The van der Waals surface area contributed by atoms with Gasteiger partial charge in [0.2, 0.25) is 22.4 Å². The van der Waals surface area contributed by atoms with Crippen LogP contribution in [0.2, 0.25) is 0 Å². The van der Waals surface area contributed by atoms with Gasteiger partial charge in [0, 0.05) is 25.0 Å². The van der Waals surface area contributed by atoms with E-state index < -0.39 is 0 Å². The van der Waals surface area contributed by atoms with Crippen molar-refractivity contribution in [2.24, 2.45) is 0 Å². The van der Waals surface area contributed by atoms with E-state index in [1.165, 1.54) is 24.7 Å². The average molecular weight is 347 g/mol. The molecule has 2 heterocycles. The molecular formula is C14H16O7V. The fourth-order valence-electron chi connectivity index (χ4n) is 1.40. The maximum atomic E-state index is 10.7. The fraction of sp³-hybridized carbons (Fsp3) is 0.286. The zero-order valence-corrected chi connectivity index (χ0v) is 13.5. The summed E-state index contributed by atoms with van der Waals surface area (Å²) in [5, 5.41) is 18.0. The molecule has 0 radical (unpaired) electrons. The summed E-state index contributed by atoms with van der Waals surface area (Å²) in [6, 6.07) is 2.38. The first kappa shape index (κ1) is 19.9. The van der Waals surface area contributed by atoms with Crippen LogP contribution >= 0.6 is 0 Å². The Kier molecular flexibility index (Phi) is 9.57. The van der Waals surface area contributed by atoms with Crippen LogP contribution in [0.4, 0.5) is 0 Å². The summed E-state index contributed by atoms with van der Waals surface area (Å²) in [5.74, 6) is 0.134. The van der Waals surface area contributed by atoms with Crippen LogP contribution in [-0.4, -0.2) is 10.2 Å². The van der Waals surface area contributed by atoms with E-state index >= 15 is 0 Å². The van der Waals surface area contributed by atoms with Crippen LogP contribution in [0, 0.1) is 0 Å². The van der Waals surface area contributed by atoms with E-state index in [0.29, 0.717) is 24.4 Å². The molecule has 2 aromatic heterocycles. The van der Waals surface area contributed by atoms with Crippen LogP contribution in [0.3, 0.4) is 0 Å². The van der Waals surface area contributed by atoms with Crippen LogP contribution in [-0.2, 0) is 33.9 Å². The minimum absolute atomic E-state index is 0.273. The third-order valence-corrected chi connectivity index (χ3v) is 2.50. The third-order valence-electron chi connectivity index (χ3n) is 2.50. The van der Waals surface area contributed by atoms with Gasteiger partial charge in [-0.05, 0) is 0 Å². The Morgan fingerprint density at radius 1 is 0.864 bits per heavy atom. The van der Waals surface area contributed by atoms with Crippen molar-refractivity contribution in [2.45, 2.75) is 26.7 Å². The Morgan fingerprint density at radius 3 is 1.41 bits per heavy atom. The van der Waals surface area contributed by atoms with Crippen LogP contribution in [0.1, 0.15) is 25.4 Å². The molecule has 0 saturated carbocycles. The number of aromatic hydroxyl groups is 2. The zero-order valence-electron chi connectivity index (χ0n) is 12.1. The summed E-state index contributed by atoms with van der Waals surface area (Å²) in [7, 11) is 0. The quantitative estimate of drug-likeness (QED) is 0.849. The van der Waals surface area contributed by atoms with Gasteiger partial charge in [0.15, 0.2) is 0 Å². The third kappa shape index (κ3) is 5.71. The maximum absolute atomic E-state index is 10.7. The average Bonchev–Trinajstić information content (AvgIpc) is 2.55. The van der Waals surface area contributed by atoms with Gasteiger partial charge < -0.3 is 19.0 Å². The Hall–Kier alpha value is -2.12. The molecule has 0 aliphatic carbocycles. The van der Waals surface area contributed by atoms with E-state index in [-0.39, 0.29) is 22.4 Å². The molecule has 0 atom stereocenters. The van der Waals surface area contributed by atoms with Gasteiger partial charge in [-0.2, -0.15) is 0 Å². The molecule has 119 valence electrons. The molecule has 2 rings (SSSR count). The van der Waals surface area contributed by atoms with E-state index in [1.54, 1.807) is 13.8 Å². The van der Waals surface area contributed by atoms with Gasteiger partial charge in [-0.15, -0.1) is 0 Å². The van der Waals surface area contributed by atoms with Crippen LogP contribution < -0.4 is 10.9 Å². The van der Waals surface area contributed by atoms with E-state index in [2.05, 4.69) is 0 Å². The molecule has 0 saturated heterocycles. The van der Waals surface area contributed by atoms with Crippen molar-refractivity contribution in [1.82, 2.24) is 0 Å². The van der Waals surface area contributed by atoms with Crippen molar-refractivity contribution in [1.29, 1.82) is 0 Å². The molecule has 0 aliphatic rings. The number of rotatable bonds is 2. The molecule has 0 fully saturated rings. The normalized spacial score (nSPS) is 8.95. The van der Waals surface area contributed by atoms with Gasteiger partial charge in [0.25, 0.3) is 0 Å². The molecule has 0 bridgehead atoms. The summed E-state index contributed by atoms with van der Waals surface area (Å²) >= 11 is 1.06. The van der Waals surface area contributed by atoms with Crippen molar-refractivity contribution in [3.8, 4) is 11.5 Å². The molecule has 2 N–H and O–H groups in total. The van der Waals surface area contributed by atoms with Gasteiger partial charge >= 0.3 is 21.0 Å². The van der Waals surface area contributed by atoms with Crippen LogP contribution in [0.5, 0.6) is 11.5 Å². The van der Waals surface area contributed by atoms with Crippen molar-refractivity contribution >= 4 is 0 Å². The molecule has 0 aliphatic heterocycles. The van der Waals surface area contributed by atoms with Crippen molar-refractivity contribution in [3.63, 3.8) is 0 Å². The van der Waals surface area contributed by atoms with E-state index in [9.17, 15) is 9.59 Å². The minimum atomic E-state index is -0.386. The predicted molar refractivity (Wildman–Crippen MR) is 72.7 cm³/mol. The Balaban J connectivity index is 0.000000360. The van der Waals surface area contributed by atoms with Gasteiger partial charge in [0.05, 0.1) is 12.5 Å². The summed E-state index contributed by atoms with van der Waals surface area (Å²) < 4.78 is 17.9. The number of hydrogen-bond acceptors (Lipinski definition) is 7. The van der Waals surface area contributed by atoms with Crippen molar-refractivity contribution in [2.75, 3.05) is 0 Å². The molecule has 0 spiro atoms. The molecule has 0 amide bonds. The topological polar surface area (TPSA) is 118 Å². The Morgan fingerprint density at radius 2 is 1.18 bits per heavy atom. The monoisotopic (exact) mass is 347 g/mol. The van der Waals surface area contributed by atoms with Gasteiger partial charge in [-0.3, -0.25) is 9.59 Å². The van der Waals surface area contributed by atoms with E-state index in [1.807, 2.05) is 0 Å². The SMILES string of the molecule is CCc1occc(=O)c1O.CCc1occc(=O)c1O.[O]=[V]. The molecule has 2 aromatic rings. The van der Waals surface area contributed by atoms with E-state index in [4.69, 9.17) is 22.7 Å². The second kappa shape index (κ2) is 10.6. The first-order valence-electron chi connectivity index (χ1n) is 6.28. The van der Waals surface area contributed by atoms with Crippen molar-refractivity contribution in [3.05, 3.63) is 56.6 Å². The molecule has 7 nitrogen and oxygen atoms in total. The first-order chi connectivity index (χ1) is 10.5. The summed E-state index contributed by atoms with van der Waals surface area (Å²) in [6.45, 7) is 3.61. The number of aryl methyl sites for hydroxylation is 2. The van der Waals surface area contributed by atoms with Gasteiger partial charge in [0.1, 0.15) is 11.5 Å². The molecular weight excluding hydrogens is 331 g/mol. The fourth-order valence-corrected chi connectivity index (χ4v) is 1.40.